The first-order valence-electron chi connectivity index (χ1n) is 3.64. The second kappa shape index (κ2) is 3.76. The van der Waals surface area contributed by atoms with Crippen molar-refractivity contribution in [3.63, 3.8) is 0 Å². The number of anilines is 1. The first kappa shape index (κ1) is 11.3. The van der Waals surface area contributed by atoms with Crippen molar-refractivity contribution in [1.82, 2.24) is 0 Å². The van der Waals surface area contributed by atoms with Crippen LogP contribution in [0.15, 0.2) is 12.1 Å². The molecule has 0 bridgehead atoms. The van der Waals surface area contributed by atoms with Gasteiger partial charge in [0, 0.05) is 0 Å². The minimum Gasteiger partial charge on any atom is -0.403 e. The molecule has 0 radical (unpaired) electrons. The molecule has 0 aliphatic heterocycles. The van der Waals surface area contributed by atoms with Crippen molar-refractivity contribution in [3.8, 4) is 5.75 Å². The van der Waals surface area contributed by atoms with Gasteiger partial charge >= 0.3 is 6.36 Å². The average Bonchev–Trinajstić information content (AvgIpc) is 2.10. The average molecular weight is 223 g/mol. The van der Waals surface area contributed by atoms with Gasteiger partial charge in [-0.2, -0.15) is 0 Å². The van der Waals surface area contributed by atoms with E-state index in [1.165, 1.54) is 0 Å². The van der Waals surface area contributed by atoms with Crippen LogP contribution < -0.4 is 10.5 Å². The topological polar surface area (TPSA) is 52.3 Å². The van der Waals surface area contributed by atoms with Gasteiger partial charge < -0.3 is 10.5 Å². The summed E-state index contributed by atoms with van der Waals surface area (Å²) in [6.07, 6.45) is -5.12. The molecule has 3 nitrogen and oxygen atoms in total. The molecule has 0 saturated heterocycles. The fourth-order valence-electron chi connectivity index (χ4n) is 0.932. The Bertz CT molecular complexity index is 389. The van der Waals surface area contributed by atoms with E-state index in [0.717, 1.165) is 12.1 Å². The number of halogens is 4. The summed E-state index contributed by atoms with van der Waals surface area (Å²) >= 11 is 0. The summed E-state index contributed by atoms with van der Waals surface area (Å²) in [5, 5.41) is 0. The third-order valence-electron chi connectivity index (χ3n) is 1.51. The Morgan fingerprint density at radius 2 is 1.93 bits per heavy atom. The Balaban J connectivity index is 3.25. The smallest absolute Gasteiger partial charge is 0.403 e. The van der Waals surface area contributed by atoms with Gasteiger partial charge in [-0.1, -0.05) is 0 Å². The van der Waals surface area contributed by atoms with Crippen LogP contribution in [0.4, 0.5) is 23.2 Å². The Hall–Kier alpha value is -1.79. The molecule has 0 saturated carbocycles. The van der Waals surface area contributed by atoms with Crippen LogP contribution >= 0.6 is 0 Å². The Morgan fingerprint density at radius 3 is 2.40 bits per heavy atom. The molecule has 0 amide bonds. The second-order valence-electron chi connectivity index (χ2n) is 2.55. The van der Waals surface area contributed by atoms with Gasteiger partial charge in [-0.05, 0) is 12.1 Å². The maximum Gasteiger partial charge on any atom is 0.573 e. The number of nitrogens with two attached hydrogens (primary N) is 1. The van der Waals surface area contributed by atoms with Crippen molar-refractivity contribution in [2.24, 2.45) is 0 Å². The van der Waals surface area contributed by atoms with E-state index in [1.807, 2.05) is 0 Å². The number of nitrogen functional groups attached to an aromatic ring is 1. The predicted molar refractivity (Wildman–Crippen MR) is 42.9 cm³/mol. The van der Waals surface area contributed by atoms with Crippen LogP contribution in [0.2, 0.25) is 0 Å². The van der Waals surface area contributed by atoms with E-state index in [2.05, 4.69) is 4.74 Å². The minimum absolute atomic E-state index is 0.0905. The molecular weight excluding hydrogens is 218 g/mol. The van der Waals surface area contributed by atoms with Crippen LogP contribution in [0.5, 0.6) is 5.75 Å². The monoisotopic (exact) mass is 223 g/mol. The second-order valence-corrected chi connectivity index (χ2v) is 2.55. The lowest BCUT2D eigenvalue weighted by Gasteiger charge is -2.12. The molecule has 0 fully saturated rings. The number of carbonyl (C=O) groups excluding carboxylic acids is 1. The molecule has 82 valence electrons. The summed E-state index contributed by atoms with van der Waals surface area (Å²) < 4.78 is 51.9. The number of rotatable bonds is 2. The highest BCUT2D eigenvalue weighted by molar-refractivity contribution is 5.83. The van der Waals surface area contributed by atoms with E-state index >= 15 is 0 Å². The largest absolute Gasteiger partial charge is 0.573 e. The number of aldehydes is 1. The van der Waals surface area contributed by atoms with Gasteiger partial charge in [0.2, 0.25) is 0 Å². The Morgan fingerprint density at radius 1 is 1.33 bits per heavy atom. The summed E-state index contributed by atoms with van der Waals surface area (Å²) in [5.41, 5.74) is 3.81. The molecule has 0 aromatic heterocycles. The van der Waals surface area contributed by atoms with E-state index in [9.17, 15) is 22.4 Å². The van der Waals surface area contributed by atoms with Crippen molar-refractivity contribution in [3.05, 3.63) is 23.5 Å². The van der Waals surface area contributed by atoms with E-state index in [4.69, 9.17) is 5.73 Å². The number of carbonyl (C=O) groups is 1. The molecule has 0 aliphatic carbocycles. The van der Waals surface area contributed by atoms with Crippen LogP contribution in [0.1, 0.15) is 10.4 Å². The maximum absolute atomic E-state index is 12.9. The van der Waals surface area contributed by atoms with Gasteiger partial charge in [-0.3, -0.25) is 4.79 Å². The fraction of sp³-hybridized carbons (Fsp3) is 0.125. The summed E-state index contributed by atoms with van der Waals surface area (Å²) in [5.74, 6) is -2.14. The lowest BCUT2D eigenvalue weighted by atomic mass is 10.2. The van der Waals surface area contributed by atoms with E-state index in [-0.39, 0.29) is 6.29 Å². The van der Waals surface area contributed by atoms with Crippen molar-refractivity contribution >= 4 is 12.0 Å². The molecule has 15 heavy (non-hydrogen) atoms. The van der Waals surface area contributed by atoms with Gasteiger partial charge in [0.15, 0.2) is 12.0 Å². The zero-order valence-electron chi connectivity index (χ0n) is 7.14. The molecule has 0 spiro atoms. The number of hydrogen-bond acceptors (Lipinski definition) is 3. The van der Waals surface area contributed by atoms with Crippen molar-refractivity contribution in [2.75, 3.05) is 5.73 Å². The molecule has 1 aromatic rings. The lowest BCUT2D eigenvalue weighted by Crippen LogP contribution is -2.19. The highest BCUT2D eigenvalue weighted by Gasteiger charge is 2.33. The van der Waals surface area contributed by atoms with Gasteiger partial charge in [0.1, 0.15) is 5.82 Å². The van der Waals surface area contributed by atoms with E-state index < -0.39 is 29.2 Å². The first-order chi connectivity index (χ1) is 6.85. The van der Waals surface area contributed by atoms with Crippen LogP contribution in [0.3, 0.4) is 0 Å². The number of ether oxygens (including phenoxy) is 1. The van der Waals surface area contributed by atoms with Crippen LogP contribution in [-0.4, -0.2) is 12.6 Å². The quantitative estimate of drug-likeness (QED) is 0.474. The predicted octanol–water partition coefficient (Wildman–Crippen LogP) is 2.12. The number of benzene rings is 1. The standard InChI is InChI=1S/C8H5F4NO2/c9-5-1-2-6(13)7(4(5)3-14)15-8(10,11)12/h1-3H,13H2. The Labute approximate surface area is 81.4 Å². The van der Waals surface area contributed by atoms with E-state index in [1.54, 1.807) is 0 Å². The third kappa shape index (κ3) is 2.58. The highest BCUT2D eigenvalue weighted by atomic mass is 19.4. The zero-order valence-corrected chi connectivity index (χ0v) is 7.14. The van der Waals surface area contributed by atoms with Gasteiger partial charge in [0.25, 0.3) is 0 Å². The molecular formula is C8H5F4NO2. The summed E-state index contributed by atoms with van der Waals surface area (Å²) in [6, 6.07) is 1.66. The molecule has 0 heterocycles. The molecule has 7 heteroatoms. The zero-order chi connectivity index (χ0) is 11.6. The molecule has 2 N–H and O–H groups in total. The summed E-state index contributed by atoms with van der Waals surface area (Å²) in [6.45, 7) is 0. The van der Waals surface area contributed by atoms with E-state index in [0.29, 0.717) is 0 Å². The number of hydrogen-bond donors (Lipinski definition) is 1. The fourth-order valence-corrected chi connectivity index (χ4v) is 0.932. The number of alkyl halides is 3. The van der Waals surface area contributed by atoms with Crippen molar-refractivity contribution in [1.29, 1.82) is 0 Å². The Kier molecular flexibility index (Phi) is 2.83. The van der Waals surface area contributed by atoms with Crippen LogP contribution in [0.25, 0.3) is 0 Å². The molecule has 1 rings (SSSR count). The lowest BCUT2D eigenvalue weighted by molar-refractivity contribution is -0.274. The minimum atomic E-state index is -5.03. The molecule has 0 aliphatic rings. The highest BCUT2D eigenvalue weighted by Crippen LogP contribution is 2.32. The maximum atomic E-state index is 12.9. The summed E-state index contributed by atoms with van der Waals surface area (Å²) in [7, 11) is 0. The third-order valence-corrected chi connectivity index (χ3v) is 1.51. The van der Waals surface area contributed by atoms with Gasteiger partial charge in [-0.15, -0.1) is 13.2 Å². The van der Waals surface area contributed by atoms with Crippen molar-refractivity contribution < 1.29 is 27.1 Å². The normalized spacial score (nSPS) is 11.2. The SMILES string of the molecule is Nc1ccc(F)c(C=O)c1OC(F)(F)F. The van der Waals surface area contributed by atoms with Crippen molar-refractivity contribution in [2.45, 2.75) is 6.36 Å². The molecule has 1 aromatic carbocycles. The van der Waals surface area contributed by atoms with Gasteiger partial charge in [0.05, 0.1) is 11.3 Å². The first-order valence-corrected chi connectivity index (χ1v) is 3.64. The summed E-state index contributed by atoms with van der Waals surface area (Å²) in [4.78, 5) is 10.3. The molecule has 0 unspecified atom stereocenters. The van der Waals surface area contributed by atoms with Gasteiger partial charge in [-0.25, -0.2) is 4.39 Å². The van der Waals surface area contributed by atoms with Crippen LogP contribution in [-0.2, 0) is 0 Å². The van der Waals surface area contributed by atoms with Crippen LogP contribution in [0, 0.1) is 5.82 Å². The molecule has 0 atom stereocenters.